The molecule has 0 bridgehead atoms. The highest BCUT2D eigenvalue weighted by molar-refractivity contribution is 7.20. The molecule has 2 aromatic carbocycles. The van der Waals surface area contributed by atoms with E-state index in [0.29, 0.717) is 45.5 Å². The molecule has 0 N–H and O–H groups in total. The predicted molar refractivity (Wildman–Crippen MR) is 148 cm³/mol. The summed E-state index contributed by atoms with van der Waals surface area (Å²) in [5.41, 5.74) is 3.34. The summed E-state index contributed by atoms with van der Waals surface area (Å²) < 4.78 is 6.09. The van der Waals surface area contributed by atoms with Crippen molar-refractivity contribution in [1.82, 2.24) is 23.9 Å². The van der Waals surface area contributed by atoms with E-state index in [-0.39, 0.29) is 17.7 Å². The molecular formula is C28H22ClN5O2S. The van der Waals surface area contributed by atoms with Crippen LogP contribution in [0, 0.1) is 0 Å². The fraction of sp³-hybridized carbons (Fsp3) is 0.143. The molecular weight excluding hydrogens is 506 g/mol. The Kier molecular flexibility index (Phi) is 5.98. The van der Waals surface area contributed by atoms with Crippen LogP contribution >= 0.6 is 22.9 Å². The van der Waals surface area contributed by atoms with Gasteiger partial charge in [0.2, 0.25) is 5.13 Å². The third kappa shape index (κ3) is 4.18. The van der Waals surface area contributed by atoms with Crippen molar-refractivity contribution >= 4 is 44.1 Å². The maximum Gasteiger partial charge on any atom is 0.283 e. The lowest BCUT2D eigenvalue weighted by atomic mass is 10.1. The minimum absolute atomic E-state index is 0.199. The Bertz CT molecular complexity index is 1850. The fourth-order valence-corrected chi connectivity index (χ4v) is 5.89. The molecule has 0 aliphatic heterocycles. The lowest BCUT2D eigenvalue weighted by Gasteiger charge is -2.14. The zero-order chi connectivity index (χ0) is 25.5. The average Bonchev–Trinajstić information content (AvgIpc) is 3.44. The van der Waals surface area contributed by atoms with Gasteiger partial charge in [0, 0.05) is 11.8 Å². The number of thiazole rings is 1. The molecule has 6 rings (SSSR count). The number of benzene rings is 2. The monoisotopic (exact) mass is 527 g/mol. The number of fused-ring (bicyclic) bond motifs is 2. The maximum absolute atomic E-state index is 14.1. The van der Waals surface area contributed by atoms with Crippen LogP contribution < -0.4 is 11.1 Å². The Balaban J connectivity index is 1.63. The van der Waals surface area contributed by atoms with E-state index >= 15 is 0 Å². The molecule has 0 atom stereocenters. The maximum atomic E-state index is 14.1. The molecule has 0 saturated carbocycles. The third-order valence-electron chi connectivity index (χ3n) is 6.39. The highest BCUT2D eigenvalue weighted by Gasteiger charge is 2.23. The molecule has 0 radical (unpaired) electrons. The van der Waals surface area contributed by atoms with Gasteiger partial charge in [-0.1, -0.05) is 78.4 Å². The Hall–Kier alpha value is -4.01. The van der Waals surface area contributed by atoms with Crippen LogP contribution in [-0.4, -0.2) is 23.9 Å². The highest BCUT2D eigenvalue weighted by Crippen LogP contribution is 2.26. The van der Waals surface area contributed by atoms with E-state index in [2.05, 4.69) is 4.98 Å². The normalized spacial score (nSPS) is 11.5. The van der Waals surface area contributed by atoms with Gasteiger partial charge in [-0.2, -0.15) is 4.68 Å². The Morgan fingerprint density at radius 1 is 0.892 bits per heavy atom. The van der Waals surface area contributed by atoms with Crippen LogP contribution in [0.3, 0.4) is 0 Å². The Morgan fingerprint density at radius 2 is 1.68 bits per heavy atom. The van der Waals surface area contributed by atoms with Crippen LogP contribution in [0.15, 0.2) is 88.5 Å². The van der Waals surface area contributed by atoms with E-state index in [9.17, 15) is 9.59 Å². The molecule has 0 spiro atoms. The number of rotatable bonds is 6. The van der Waals surface area contributed by atoms with Gasteiger partial charge in [-0.05, 0) is 36.2 Å². The van der Waals surface area contributed by atoms with Crippen LogP contribution in [0.25, 0.3) is 26.3 Å². The standard InChI is InChI=1S/C28H22ClN5O2S/c1-2-21-26-22(15-25(35)32(21)17-19-11-8-14-24(29)30-19)33(16-18-9-4-3-5-10-18)34(27(26)36)28-31-20-12-6-7-13-23(20)37-28/h3-15H,2,16-17H2,1H3. The molecule has 0 aliphatic carbocycles. The molecule has 4 aromatic heterocycles. The fourth-order valence-electron chi connectivity index (χ4n) is 4.74. The van der Waals surface area contributed by atoms with Crippen molar-refractivity contribution in [2.45, 2.75) is 26.4 Å². The van der Waals surface area contributed by atoms with Crippen molar-refractivity contribution in [2.24, 2.45) is 0 Å². The van der Waals surface area contributed by atoms with Crippen LogP contribution in [0.5, 0.6) is 0 Å². The number of halogens is 1. The van der Waals surface area contributed by atoms with Gasteiger partial charge in [-0.15, -0.1) is 0 Å². The molecule has 7 nitrogen and oxygen atoms in total. The number of pyridine rings is 2. The van der Waals surface area contributed by atoms with E-state index in [0.717, 1.165) is 15.8 Å². The van der Waals surface area contributed by atoms with Gasteiger partial charge < -0.3 is 4.57 Å². The van der Waals surface area contributed by atoms with Crippen LogP contribution in [0.4, 0.5) is 0 Å². The zero-order valence-corrected chi connectivity index (χ0v) is 21.5. The van der Waals surface area contributed by atoms with Crippen LogP contribution in [0.2, 0.25) is 5.15 Å². The van der Waals surface area contributed by atoms with Gasteiger partial charge in [0.25, 0.3) is 11.1 Å². The molecule has 0 unspecified atom stereocenters. The highest BCUT2D eigenvalue weighted by atomic mass is 35.5. The molecule has 0 fully saturated rings. The summed E-state index contributed by atoms with van der Waals surface area (Å²) in [5, 5.41) is 1.44. The van der Waals surface area contributed by atoms with Gasteiger partial charge in [0.05, 0.1) is 39.9 Å². The minimum Gasteiger partial charge on any atom is -0.306 e. The van der Waals surface area contributed by atoms with Crippen molar-refractivity contribution in [2.75, 3.05) is 0 Å². The molecule has 0 amide bonds. The summed E-state index contributed by atoms with van der Waals surface area (Å²) >= 11 is 7.54. The quantitative estimate of drug-likeness (QED) is 0.276. The molecule has 37 heavy (non-hydrogen) atoms. The second-order valence-electron chi connectivity index (χ2n) is 8.71. The second kappa shape index (κ2) is 9.46. The number of nitrogens with zero attached hydrogens (tertiary/aromatic N) is 5. The lowest BCUT2D eigenvalue weighted by molar-refractivity contribution is 0.610. The summed E-state index contributed by atoms with van der Waals surface area (Å²) in [7, 11) is 0. The Morgan fingerprint density at radius 3 is 2.43 bits per heavy atom. The first-order chi connectivity index (χ1) is 18.0. The van der Waals surface area contributed by atoms with E-state index in [1.807, 2.05) is 72.3 Å². The van der Waals surface area contributed by atoms with Crippen LogP contribution in [-0.2, 0) is 19.5 Å². The van der Waals surface area contributed by atoms with E-state index < -0.39 is 0 Å². The molecule has 0 aliphatic rings. The van der Waals surface area contributed by atoms with Crippen molar-refractivity contribution < 1.29 is 0 Å². The van der Waals surface area contributed by atoms with Gasteiger partial charge >= 0.3 is 0 Å². The number of hydrogen-bond donors (Lipinski definition) is 0. The number of aromatic nitrogens is 5. The van der Waals surface area contributed by atoms with Crippen molar-refractivity contribution in [3.63, 3.8) is 0 Å². The molecule has 9 heteroatoms. The Labute approximate surface area is 220 Å². The number of hydrogen-bond acceptors (Lipinski definition) is 5. The molecule has 0 saturated heterocycles. The molecule has 4 heterocycles. The summed E-state index contributed by atoms with van der Waals surface area (Å²) in [6.45, 7) is 2.59. The summed E-state index contributed by atoms with van der Waals surface area (Å²) in [6, 6.07) is 24.6. The third-order valence-corrected chi connectivity index (χ3v) is 7.61. The van der Waals surface area contributed by atoms with Gasteiger partial charge in [0.15, 0.2) is 0 Å². The van der Waals surface area contributed by atoms with Crippen LogP contribution in [0.1, 0.15) is 23.9 Å². The first-order valence-electron chi connectivity index (χ1n) is 11.9. The summed E-state index contributed by atoms with van der Waals surface area (Å²) in [4.78, 5) is 36.7. The van der Waals surface area contributed by atoms with Gasteiger partial charge in [-0.25, -0.2) is 9.97 Å². The van der Waals surface area contributed by atoms with E-state index in [1.165, 1.54) is 11.3 Å². The van der Waals surface area contributed by atoms with Crippen molar-refractivity contribution in [3.8, 4) is 5.13 Å². The number of aryl methyl sites for hydroxylation is 1. The van der Waals surface area contributed by atoms with E-state index in [1.54, 1.807) is 27.4 Å². The average molecular weight is 528 g/mol. The topological polar surface area (TPSA) is 74.7 Å². The minimum atomic E-state index is -0.200. The summed E-state index contributed by atoms with van der Waals surface area (Å²) in [6.07, 6.45) is 0.498. The van der Waals surface area contributed by atoms with E-state index in [4.69, 9.17) is 16.6 Å². The second-order valence-corrected chi connectivity index (χ2v) is 10.1. The lowest BCUT2D eigenvalue weighted by Crippen LogP contribution is -2.25. The number of para-hydroxylation sites is 1. The first-order valence-corrected chi connectivity index (χ1v) is 13.1. The molecule has 184 valence electrons. The van der Waals surface area contributed by atoms with Crippen molar-refractivity contribution in [1.29, 1.82) is 0 Å². The largest absolute Gasteiger partial charge is 0.306 e. The summed E-state index contributed by atoms with van der Waals surface area (Å²) in [5.74, 6) is 0. The SMILES string of the molecule is CCc1c2c(=O)n(-c3nc4ccccc4s3)n(Cc3ccccc3)c2cc(=O)n1Cc1cccc(Cl)n1. The smallest absolute Gasteiger partial charge is 0.283 e. The van der Waals surface area contributed by atoms with Gasteiger partial charge in [0.1, 0.15) is 5.15 Å². The zero-order valence-electron chi connectivity index (χ0n) is 20.0. The van der Waals surface area contributed by atoms with Crippen molar-refractivity contribution in [3.05, 3.63) is 122 Å². The predicted octanol–water partition coefficient (Wildman–Crippen LogP) is 5.27. The molecule has 6 aromatic rings. The first kappa shape index (κ1) is 23.4. The van der Waals surface area contributed by atoms with Gasteiger partial charge in [-0.3, -0.25) is 14.3 Å².